The molecule has 1 N–H and O–H groups in total. The van der Waals surface area contributed by atoms with E-state index in [2.05, 4.69) is 11.9 Å². The van der Waals surface area contributed by atoms with Crippen molar-refractivity contribution in [3.05, 3.63) is 12.7 Å². The van der Waals surface area contributed by atoms with Crippen LogP contribution in [0.5, 0.6) is 0 Å². The third-order valence-electron chi connectivity index (χ3n) is 4.21. The van der Waals surface area contributed by atoms with E-state index in [4.69, 9.17) is 0 Å². The van der Waals surface area contributed by atoms with E-state index in [0.29, 0.717) is 18.4 Å². The standard InChI is InChI=1S/C13H22N2O/c1-3-8-15(2)12(16)13-7-5-4-6-11(13)9-14-10-13/h3,11,14H,1,4-10H2,2H3/t11-,13+/m0/s1. The number of amides is 1. The van der Waals surface area contributed by atoms with Crippen LogP contribution in [-0.2, 0) is 4.79 Å². The number of carbonyl (C=O) groups excluding carboxylic acids is 1. The fourth-order valence-corrected chi connectivity index (χ4v) is 3.33. The Labute approximate surface area is 97.9 Å². The molecule has 2 aliphatic rings. The van der Waals surface area contributed by atoms with Crippen LogP contribution in [0.15, 0.2) is 12.7 Å². The van der Waals surface area contributed by atoms with Crippen LogP contribution in [0.4, 0.5) is 0 Å². The molecule has 3 nitrogen and oxygen atoms in total. The van der Waals surface area contributed by atoms with Crippen molar-refractivity contribution in [1.29, 1.82) is 0 Å². The Kier molecular flexibility index (Phi) is 3.33. The van der Waals surface area contributed by atoms with E-state index >= 15 is 0 Å². The van der Waals surface area contributed by atoms with Crippen molar-refractivity contribution in [2.24, 2.45) is 11.3 Å². The summed E-state index contributed by atoms with van der Waals surface area (Å²) >= 11 is 0. The second-order valence-corrected chi connectivity index (χ2v) is 5.20. The van der Waals surface area contributed by atoms with Gasteiger partial charge in [0.05, 0.1) is 5.41 Å². The predicted octanol–water partition coefficient (Wildman–Crippen LogP) is 1.41. The summed E-state index contributed by atoms with van der Waals surface area (Å²) in [5.41, 5.74) is -0.101. The largest absolute Gasteiger partial charge is 0.342 e. The third-order valence-corrected chi connectivity index (χ3v) is 4.21. The summed E-state index contributed by atoms with van der Waals surface area (Å²) in [4.78, 5) is 14.4. The van der Waals surface area contributed by atoms with Gasteiger partial charge in [0.15, 0.2) is 0 Å². The van der Waals surface area contributed by atoms with Gasteiger partial charge in [-0.1, -0.05) is 18.9 Å². The van der Waals surface area contributed by atoms with Gasteiger partial charge in [-0.25, -0.2) is 0 Å². The van der Waals surface area contributed by atoms with Gasteiger partial charge in [0, 0.05) is 20.1 Å². The maximum Gasteiger partial charge on any atom is 0.230 e. The number of nitrogens with zero attached hydrogens (tertiary/aromatic N) is 1. The maximum atomic E-state index is 12.5. The lowest BCUT2D eigenvalue weighted by Crippen LogP contribution is -2.48. The highest BCUT2D eigenvalue weighted by molar-refractivity contribution is 5.84. The number of carbonyl (C=O) groups is 1. The van der Waals surface area contributed by atoms with Crippen molar-refractivity contribution < 1.29 is 4.79 Å². The molecule has 0 unspecified atom stereocenters. The monoisotopic (exact) mass is 222 g/mol. The molecule has 2 atom stereocenters. The number of hydrogen-bond donors (Lipinski definition) is 1. The molecule has 0 aromatic heterocycles. The molecule has 0 aromatic rings. The summed E-state index contributed by atoms with van der Waals surface area (Å²) < 4.78 is 0. The molecule has 0 radical (unpaired) electrons. The highest BCUT2D eigenvalue weighted by Crippen LogP contribution is 2.44. The van der Waals surface area contributed by atoms with Crippen LogP contribution >= 0.6 is 0 Å². The molecule has 1 aliphatic carbocycles. The van der Waals surface area contributed by atoms with Crippen LogP contribution in [0.3, 0.4) is 0 Å². The third kappa shape index (κ3) is 1.77. The summed E-state index contributed by atoms with van der Waals surface area (Å²) in [7, 11) is 1.89. The highest BCUT2D eigenvalue weighted by atomic mass is 16.2. The number of fused-ring (bicyclic) bond motifs is 1. The van der Waals surface area contributed by atoms with E-state index in [-0.39, 0.29) is 5.41 Å². The van der Waals surface area contributed by atoms with Crippen LogP contribution in [0.2, 0.25) is 0 Å². The van der Waals surface area contributed by atoms with Gasteiger partial charge in [-0.3, -0.25) is 4.79 Å². The molecule has 3 heteroatoms. The van der Waals surface area contributed by atoms with Crippen molar-refractivity contribution in [3.8, 4) is 0 Å². The molecule has 1 amide bonds. The van der Waals surface area contributed by atoms with Crippen LogP contribution in [0.25, 0.3) is 0 Å². The normalized spacial score (nSPS) is 33.2. The van der Waals surface area contributed by atoms with Crippen molar-refractivity contribution >= 4 is 5.91 Å². The number of hydrogen-bond acceptors (Lipinski definition) is 2. The first-order valence-electron chi connectivity index (χ1n) is 6.28. The Hall–Kier alpha value is -0.830. The van der Waals surface area contributed by atoms with Crippen molar-refractivity contribution in [1.82, 2.24) is 10.2 Å². The topological polar surface area (TPSA) is 32.3 Å². The Balaban J connectivity index is 2.15. The smallest absolute Gasteiger partial charge is 0.230 e. The number of likely N-dealkylation sites (N-methyl/N-ethyl adjacent to an activating group) is 1. The quantitative estimate of drug-likeness (QED) is 0.732. The van der Waals surface area contributed by atoms with Gasteiger partial charge in [0.25, 0.3) is 0 Å². The van der Waals surface area contributed by atoms with Crippen molar-refractivity contribution in [3.63, 3.8) is 0 Å². The zero-order chi connectivity index (χ0) is 11.6. The molecule has 0 aromatic carbocycles. The molecule has 2 rings (SSSR count). The fourth-order valence-electron chi connectivity index (χ4n) is 3.33. The SMILES string of the molecule is C=CCN(C)C(=O)[C@@]12CCCC[C@H]1CNC2. The first-order valence-corrected chi connectivity index (χ1v) is 6.28. The molecule has 1 aliphatic heterocycles. The molecule has 1 saturated carbocycles. The second kappa shape index (κ2) is 4.58. The zero-order valence-electron chi connectivity index (χ0n) is 10.2. The second-order valence-electron chi connectivity index (χ2n) is 5.20. The lowest BCUT2D eigenvalue weighted by molar-refractivity contribution is -0.143. The van der Waals surface area contributed by atoms with Gasteiger partial charge in [0.2, 0.25) is 5.91 Å². The summed E-state index contributed by atoms with van der Waals surface area (Å²) in [6.45, 7) is 6.26. The average molecular weight is 222 g/mol. The highest BCUT2D eigenvalue weighted by Gasteiger charge is 2.50. The van der Waals surface area contributed by atoms with Gasteiger partial charge in [-0.15, -0.1) is 6.58 Å². The van der Waals surface area contributed by atoms with Gasteiger partial charge < -0.3 is 10.2 Å². The average Bonchev–Trinajstić information content (AvgIpc) is 2.73. The number of rotatable bonds is 3. The molecule has 1 saturated heterocycles. The molecule has 1 heterocycles. The lowest BCUT2D eigenvalue weighted by atomic mass is 9.67. The molecule has 90 valence electrons. The molecule has 0 spiro atoms. The Morgan fingerprint density at radius 3 is 3.19 bits per heavy atom. The molecule has 0 bridgehead atoms. The van der Waals surface area contributed by atoms with Gasteiger partial charge >= 0.3 is 0 Å². The Morgan fingerprint density at radius 1 is 1.62 bits per heavy atom. The van der Waals surface area contributed by atoms with Gasteiger partial charge in [-0.2, -0.15) is 0 Å². The number of nitrogens with one attached hydrogen (secondary N) is 1. The molecule has 2 fully saturated rings. The van der Waals surface area contributed by atoms with Crippen LogP contribution in [0.1, 0.15) is 25.7 Å². The molecular formula is C13H22N2O. The van der Waals surface area contributed by atoms with E-state index in [1.54, 1.807) is 6.08 Å². The minimum Gasteiger partial charge on any atom is -0.342 e. The first kappa shape index (κ1) is 11.6. The van der Waals surface area contributed by atoms with Crippen LogP contribution < -0.4 is 5.32 Å². The summed E-state index contributed by atoms with van der Waals surface area (Å²) in [5.74, 6) is 0.878. The van der Waals surface area contributed by atoms with E-state index in [1.165, 1.54) is 19.3 Å². The Morgan fingerprint density at radius 2 is 2.44 bits per heavy atom. The maximum absolute atomic E-state index is 12.5. The summed E-state index contributed by atoms with van der Waals surface area (Å²) in [6, 6.07) is 0. The molecular weight excluding hydrogens is 200 g/mol. The van der Waals surface area contributed by atoms with Crippen LogP contribution in [0, 0.1) is 11.3 Å². The van der Waals surface area contributed by atoms with E-state index in [1.807, 2.05) is 11.9 Å². The van der Waals surface area contributed by atoms with Gasteiger partial charge in [0.1, 0.15) is 0 Å². The van der Waals surface area contributed by atoms with Crippen molar-refractivity contribution in [2.45, 2.75) is 25.7 Å². The fraction of sp³-hybridized carbons (Fsp3) is 0.769. The predicted molar refractivity (Wildman–Crippen MR) is 65.1 cm³/mol. The lowest BCUT2D eigenvalue weighted by Gasteiger charge is -2.39. The van der Waals surface area contributed by atoms with Gasteiger partial charge in [-0.05, 0) is 25.3 Å². The molecule has 16 heavy (non-hydrogen) atoms. The minimum absolute atomic E-state index is 0.101. The summed E-state index contributed by atoms with van der Waals surface area (Å²) in [6.07, 6.45) is 6.55. The van der Waals surface area contributed by atoms with Crippen LogP contribution in [-0.4, -0.2) is 37.5 Å². The van der Waals surface area contributed by atoms with Crippen molar-refractivity contribution in [2.75, 3.05) is 26.7 Å². The zero-order valence-corrected chi connectivity index (χ0v) is 10.2. The Bertz CT molecular complexity index is 290. The van der Waals surface area contributed by atoms with E-state index in [9.17, 15) is 4.79 Å². The first-order chi connectivity index (χ1) is 7.70. The van der Waals surface area contributed by atoms with E-state index < -0.39 is 0 Å². The minimum atomic E-state index is -0.101. The van der Waals surface area contributed by atoms with E-state index in [0.717, 1.165) is 19.5 Å². The summed E-state index contributed by atoms with van der Waals surface area (Å²) in [5, 5.41) is 3.41.